The Labute approximate surface area is 125 Å². The van der Waals surface area contributed by atoms with Crippen LogP contribution in [0.1, 0.15) is 9.67 Å². The van der Waals surface area contributed by atoms with Crippen molar-refractivity contribution in [3.63, 3.8) is 0 Å². The second kappa shape index (κ2) is 5.18. The van der Waals surface area contributed by atoms with E-state index in [1.54, 1.807) is 31.3 Å². The number of fused-ring (bicyclic) bond motifs is 1. The molecule has 3 nitrogen and oxygen atoms in total. The molecule has 0 atom stereocenters. The summed E-state index contributed by atoms with van der Waals surface area (Å²) in [7, 11) is 1.68. The number of carbonyl (C=O) groups excluding carboxylic acids is 1. The number of nitrogens with zero attached hydrogens (tertiary/aromatic N) is 1. The number of anilines is 2. The molecule has 1 heterocycles. The molecule has 21 heavy (non-hydrogen) atoms. The Morgan fingerprint density at radius 2 is 1.95 bits per heavy atom. The molecule has 2 N–H and O–H groups in total. The van der Waals surface area contributed by atoms with Crippen molar-refractivity contribution in [2.75, 3.05) is 17.7 Å². The molecule has 0 bridgehead atoms. The number of rotatable bonds is 2. The van der Waals surface area contributed by atoms with Gasteiger partial charge in [-0.15, -0.1) is 11.3 Å². The number of thiophene rings is 1. The van der Waals surface area contributed by atoms with E-state index in [0.717, 1.165) is 10.1 Å². The number of amides is 1. The van der Waals surface area contributed by atoms with Crippen LogP contribution in [0.2, 0.25) is 0 Å². The van der Waals surface area contributed by atoms with Gasteiger partial charge in [0.05, 0.1) is 16.3 Å². The van der Waals surface area contributed by atoms with Crippen molar-refractivity contribution in [1.82, 2.24) is 0 Å². The van der Waals surface area contributed by atoms with Crippen LogP contribution in [-0.2, 0) is 0 Å². The zero-order chi connectivity index (χ0) is 15.0. The zero-order valence-electron chi connectivity index (χ0n) is 11.3. The van der Waals surface area contributed by atoms with E-state index >= 15 is 0 Å². The first kappa shape index (κ1) is 13.6. The number of benzene rings is 2. The highest BCUT2D eigenvalue weighted by atomic mass is 32.1. The van der Waals surface area contributed by atoms with Crippen LogP contribution in [0.15, 0.2) is 48.5 Å². The molecular formula is C16H13FN2OS. The van der Waals surface area contributed by atoms with Crippen molar-refractivity contribution in [3.8, 4) is 0 Å². The number of halogens is 1. The highest BCUT2D eigenvalue weighted by Gasteiger charge is 2.17. The molecule has 1 amide bonds. The summed E-state index contributed by atoms with van der Waals surface area (Å²) >= 11 is 1.28. The fourth-order valence-electron chi connectivity index (χ4n) is 2.18. The first-order valence-corrected chi connectivity index (χ1v) is 7.19. The highest BCUT2D eigenvalue weighted by molar-refractivity contribution is 7.20. The molecule has 3 aromatic rings. The minimum absolute atomic E-state index is 0.158. The molecule has 0 radical (unpaired) electrons. The number of nitrogen functional groups attached to an aromatic ring is 1. The van der Waals surface area contributed by atoms with E-state index in [-0.39, 0.29) is 11.7 Å². The quantitative estimate of drug-likeness (QED) is 0.730. The normalized spacial score (nSPS) is 10.8. The molecule has 0 saturated carbocycles. The maximum atomic E-state index is 13.2. The third-order valence-corrected chi connectivity index (χ3v) is 4.38. The molecule has 0 aliphatic heterocycles. The molecule has 0 saturated heterocycles. The van der Waals surface area contributed by atoms with Crippen molar-refractivity contribution in [2.24, 2.45) is 0 Å². The summed E-state index contributed by atoms with van der Waals surface area (Å²) in [6.07, 6.45) is 0. The van der Waals surface area contributed by atoms with Crippen LogP contribution >= 0.6 is 11.3 Å². The van der Waals surface area contributed by atoms with Crippen LogP contribution < -0.4 is 10.6 Å². The van der Waals surface area contributed by atoms with E-state index < -0.39 is 0 Å². The summed E-state index contributed by atoms with van der Waals surface area (Å²) in [6.45, 7) is 0. The van der Waals surface area contributed by atoms with Crippen molar-refractivity contribution < 1.29 is 9.18 Å². The van der Waals surface area contributed by atoms with Gasteiger partial charge in [0.2, 0.25) is 0 Å². The van der Waals surface area contributed by atoms with Gasteiger partial charge in [-0.25, -0.2) is 4.39 Å². The highest BCUT2D eigenvalue weighted by Crippen LogP contribution is 2.29. The molecule has 3 rings (SSSR count). The van der Waals surface area contributed by atoms with Gasteiger partial charge in [0.15, 0.2) is 0 Å². The molecule has 2 aromatic carbocycles. The number of carbonyl (C=O) groups is 1. The summed E-state index contributed by atoms with van der Waals surface area (Å²) in [5.41, 5.74) is 7.09. The Hall–Kier alpha value is -2.40. The fraction of sp³-hybridized carbons (Fsp3) is 0.0625. The van der Waals surface area contributed by atoms with Gasteiger partial charge in [0.1, 0.15) is 5.82 Å². The van der Waals surface area contributed by atoms with Crippen LogP contribution in [0.25, 0.3) is 10.1 Å². The third kappa shape index (κ3) is 2.48. The van der Waals surface area contributed by atoms with Gasteiger partial charge < -0.3 is 10.6 Å². The summed E-state index contributed by atoms with van der Waals surface area (Å²) in [5.74, 6) is -0.460. The van der Waals surface area contributed by atoms with E-state index in [4.69, 9.17) is 5.73 Å². The van der Waals surface area contributed by atoms with Crippen molar-refractivity contribution in [1.29, 1.82) is 0 Å². The minimum atomic E-state index is -0.302. The van der Waals surface area contributed by atoms with Crippen LogP contribution in [0, 0.1) is 5.82 Å². The fourth-order valence-corrected chi connectivity index (χ4v) is 3.24. The standard InChI is InChI=1S/C16H13FN2OS/c1-19(13-5-3-2-4-12(13)18)16(20)15-8-10-6-7-11(17)9-14(10)21-15/h2-9H,18H2,1H3. The lowest BCUT2D eigenvalue weighted by atomic mass is 10.2. The molecule has 1 aromatic heterocycles. The Kier molecular flexibility index (Phi) is 3.35. The van der Waals surface area contributed by atoms with E-state index in [1.165, 1.54) is 28.4 Å². The third-order valence-electron chi connectivity index (χ3n) is 3.30. The predicted octanol–water partition coefficient (Wildman–Crippen LogP) is 3.90. The monoisotopic (exact) mass is 300 g/mol. The average Bonchev–Trinajstić information content (AvgIpc) is 2.89. The van der Waals surface area contributed by atoms with Gasteiger partial charge in [-0.2, -0.15) is 0 Å². The molecule has 5 heteroatoms. The summed E-state index contributed by atoms with van der Waals surface area (Å²) < 4.78 is 14.0. The molecule has 0 aliphatic carbocycles. The average molecular weight is 300 g/mol. The lowest BCUT2D eigenvalue weighted by Crippen LogP contribution is -2.26. The topological polar surface area (TPSA) is 46.3 Å². The number of nitrogens with two attached hydrogens (primary N) is 1. The van der Waals surface area contributed by atoms with Crippen LogP contribution in [-0.4, -0.2) is 13.0 Å². The van der Waals surface area contributed by atoms with Gasteiger partial charge in [-0.3, -0.25) is 4.79 Å². The van der Waals surface area contributed by atoms with E-state index in [9.17, 15) is 9.18 Å². The molecule has 0 aliphatic rings. The first-order valence-electron chi connectivity index (χ1n) is 6.38. The molecule has 0 unspecified atom stereocenters. The SMILES string of the molecule is CN(C(=O)c1cc2ccc(F)cc2s1)c1ccccc1N. The molecule has 106 valence electrons. The Balaban J connectivity index is 1.98. The summed E-state index contributed by atoms with van der Waals surface area (Å²) in [5, 5.41) is 0.860. The number of hydrogen-bond donors (Lipinski definition) is 1. The second-order valence-corrected chi connectivity index (χ2v) is 5.80. The molecule has 0 spiro atoms. The van der Waals surface area contributed by atoms with Crippen LogP contribution in [0.3, 0.4) is 0 Å². The van der Waals surface area contributed by atoms with Gasteiger partial charge >= 0.3 is 0 Å². The lowest BCUT2D eigenvalue weighted by Gasteiger charge is -2.18. The number of para-hydroxylation sites is 2. The zero-order valence-corrected chi connectivity index (χ0v) is 12.2. The van der Waals surface area contributed by atoms with Crippen molar-refractivity contribution in [3.05, 3.63) is 59.2 Å². The summed E-state index contributed by atoms with van der Waals surface area (Å²) in [6, 6.07) is 13.5. The molecule has 0 fully saturated rings. The van der Waals surface area contributed by atoms with E-state index in [1.807, 2.05) is 12.1 Å². The van der Waals surface area contributed by atoms with E-state index in [0.29, 0.717) is 16.3 Å². The second-order valence-electron chi connectivity index (χ2n) is 4.72. The van der Waals surface area contributed by atoms with Crippen LogP contribution in [0.4, 0.5) is 15.8 Å². The smallest absolute Gasteiger partial charge is 0.268 e. The van der Waals surface area contributed by atoms with Crippen LogP contribution in [0.5, 0.6) is 0 Å². The lowest BCUT2D eigenvalue weighted by molar-refractivity contribution is 0.0997. The largest absolute Gasteiger partial charge is 0.397 e. The van der Waals surface area contributed by atoms with Gasteiger partial charge in [0.25, 0.3) is 5.91 Å². The first-order chi connectivity index (χ1) is 10.1. The minimum Gasteiger partial charge on any atom is -0.397 e. The predicted molar refractivity (Wildman–Crippen MR) is 85.4 cm³/mol. The Bertz CT molecular complexity index is 828. The van der Waals surface area contributed by atoms with Gasteiger partial charge in [-0.1, -0.05) is 18.2 Å². The van der Waals surface area contributed by atoms with E-state index in [2.05, 4.69) is 0 Å². The van der Waals surface area contributed by atoms with Crippen molar-refractivity contribution in [2.45, 2.75) is 0 Å². The molecular weight excluding hydrogens is 287 g/mol. The Morgan fingerprint density at radius 1 is 1.19 bits per heavy atom. The maximum Gasteiger partial charge on any atom is 0.268 e. The summed E-state index contributed by atoms with van der Waals surface area (Å²) in [4.78, 5) is 14.6. The Morgan fingerprint density at radius 3 is 2.71 bits per heavy atom. The van der Waals surface area contributed by atoms with Gasteiger partial charge in [0, 0.05) is 11.7 Å². The van der Waals surface area contributed by atoms with Gasteiger partial charge in [-0.05, 0) is 35.7 Å². The maximum absolute atomic E-state index is 13.2. The number of hydrogen-bond acceptors (Lipinski definition) is 3. The van der Waals surface area contributed by atoms with Crippen molar-refractivity contribution >= 4 is 38.7 Å².